The summed E-state index contributed by atoms with van der Waals surface area (Å²) >= 11 is 0. The van der Waals surface area contributed by atoms with E-state index in [1.54, 1.807) is 31.2 Å². The average molecular weight is 336 g/mol. The highest BCUT2D eigenvalue weighted by atomic mass is 16.5. The standard InChI is InChI=1S/C20H20N2O3/c1-2-25-20(24)14-7-10-16(11-8-14)22-19(23)12-9-15-13-21-18-6-4-3-5-17(15)18/h3-8,10-11,13,18H,2,9,12H2,1H3,(H,22,23). The number of nitrogens with one attached hydrogen (secondary N) is 1. The number of allylic oxidation sites excluding steroid dienone is 3. The summed E-state index contributed by atoms with van der Waals surface area (Å²) in [5.41, 5.74) is 3.42. The number of ether oxygens (including phenoxy) is 1. The van der Waals surface area contributed by atoms with Gasteiger partial charge >= 0.3 is 5.97 Å². The third kappa shape index (κ3) is 4.12. The molecule has 0 bridgehead atoms. The van der Waals surface area contributed by atoms with Crippen molar-refractivity contribution in [1.29, 1.82) is 0 Å². The predicted octanol–water partition coefficient (Wildman–Crippen LogP) is 3.46. The molecule has 0 aromatic heterocycles. The number of hydrogen-bond donors (Lipinski definition) is 1. The van der Waals surface area contributed by atoms with Crippen LogP contribution in [-0.2, 0) is 9.53 Å². The third-order valence-electron chi connectivity index (χ3n) is 4.06. The van der Waals surface area contributed by atoms with Crippen molar-refractivity contribution in [3.8, 4) is 0 Å². The number of amides is 1. The SMILES string of the molecule is CCOC(=O)c1ccc(NC(=O)CCC2=C3C=CC=CC3N=C2)cc1. The van der Waals surface area contributed by atoms with Crippen LogP contribution in [0.1, 0.15) is 30.1 Å². The van der Waals surface area contributed by atoms with Gasteiger partial charge in [-0.1, -0.05) is 24.3 Å². The van der Waals surface area contributed by atoms with E-state index in [1.807, 2.05) is 24.4 Å². The van der Waals surface area contributed by atoms with Crippen molar-refractivity contribution in [2.24, 2.45) is 4.99 Å². The van der Waals surface area contributed by atoms with E-state index in [0.717, 1.165) is 5.57 Å². The molecule has 3 rings (SSSR count). The largest absolute Gasteiger partial charge is 0.462 e. The second-order valence-corrected chi connectivity index (χ2v) is 5.79. The fraction of sp³-hybridized carbons (Fsp3) is 0.250. The van der Waals surface area contributed by atoms with Gasteiger partial charge in [-0.3, -0.25) is 9.79 Å². The third-order valence-corrected chi connectivity index (χ3v) is 4.06. The first-order chi connectivity index (χ1) is 12.2. The number of anilines is 1. The van der Waals surface area contributed by atoms with Crippen LogP contribution in [0, 0.1) is 0 Å². The normalized spacial score (nSPS) is 17.6. The number of hydrogen-bond acceptors (Lipinski definition) is 4. The average Bonchev–Trinajstić information content (AvgIpc) is 3.04. The summed E-state index contributed by atoms with van der Waals surface area (Å²) in [4.78, 5) is 28.2. The lowest BCUT2D eigenvalue weighted by molar-refractivity contribution is -0.116. The number of nitrogens with zero attached hydrogens (tertiary/aromatic N) is 1. The van der Waals surface area contributed by atoms with Crippen molar-refractivity contribution in [3.05, 3.63) is 65.3 Å². The maximum atomic E-state index is 12.1. The molecule has 0 saturated heterocycles. The molecule has 1 aromatic carbocycles. The monoisotopic (exact) mass is 336 g/mol. The van der Waals surface area contributed by atoms with E-state index in [0.29, 0.717) is 30.7 Å². The first-order valence-corrected chi connectivity index (χ1v) is 8.35. The molecular formula is C20H20N2O3. The Morgan fingerprint density at radius 1 is 1.20 bits per heavy atom. The zero-order chi connectivity index (χ0) is 17.6. The number of esters is 1. The lowest BCUT2D eigenvalue weighted by atomic mass is 9.97. The zero-order valence-corrected chi connectivity index (χ0v) is 14.1. The van der Waals surface area contributed by atoms with Crippen molar-refractivity contribution in [1.82, 2.24) is 0 Å². The minimum atomic E-state index is -0.363. The summed E-state index contributed by atoms with van der Waals surface area (Å²) in [6.07, 6.45) is 11.0. The Bertz CT molecular complexity index is 786. The van der Waals surface area contributed by atoms with Gasteiger partial charge in [0.2, 0.25) is 5.91 Å². The molecule has 1 unspecified atom stereocenters. The topological polar surface area (TPSA) is 67.8 Å². The van der Waals surface area contributed by atoms with Crippen LogP contribution in [0.15, 0.2) is 64.7 Å². The van der Waals surface area contributed by atoms with Crippen molar-refractivity contribution in [2.45, 2.75) is 25.8 Å². The van der Waals surface area contributed by atoms with Crippen LogP contribution in [0.5, 0.6) is 0 Å². The molecule has 0 radical (unpaired) electrons. The van der Waals surface area contributed by atoms with Gasteiger partial charge in [-0.25, -0.2) is 4.79 Å². The minimum absolute atomic E-state index is 0.0656. The zero-order valence-electron chi connectivity index (χ0n) is 14.1. The van der Waals surface area contributed by atoms with Gasteiger partial charge in [-0.2, -0.15) is 0 Å². The molecule has 1 aliphatic carbocycles. The highest BCUT2D eigenvalue weighted by Crippen LogP contribution is 2.26. The van der Waals surface area contributed by atoms with E-state index in [9.17, 15) is 9.59 Å². The van der Waals surface area contributed by atoms with Crippen molar-refractivity contribution in [2.75, 3.05) is 11.9 Å². The highest BCUT2D eigenvalue weighted by Gasteiger charge is 2.19. The maximum Gasteiger partial charge on any atom is 0.338 e. The Morgan fingerprint density at radius 2 is 2.00 bits per heavy atom. The summed E-state index contributed by atoms with van der Waals surface area (Å²) in [6, 6.07) is 6.80. The molecule has 0 saturated carbocycles. The number of rotatable bonds is 6. The Morgan fingerprint density at radius 3 is 2.76 bits per heavy atom. The summed E-state index contributed by atoms with van der Waals surface area (Å²) in [7, 11) is 0. The van der Waals surface area contributed by atoms with Gasteiger partial charge in [0.05, 0.1) is 18.2 Å². The molecule has 5 heteroatoms. The molecule has 1 atom stereocenters. The Labute approximate surface area is 146 Å². The highest BCUT2D eigenvalue weighted by molar-refractivity contribution is 5.94. The van der Waals surface area contributed by atoms with Crippen LogP contribution in [0.3, 0.4) is 0 Å². The van der Waals surface area contributed by atoms with Gasteiger partial charge in [0.1, 0.15) is 0 Å². The molecule has 1 aromatic rings. The molecule has 1 heterocycles. The molecule has 25 heavy (non-hydrogen) atoms. The van der Waals surface area contributed by atoms with Gasteiger partial charge in [0.15, 0.2) is 0 Å². The summed E-state index contributed by atoms with van der Waals surface area (Å²) in [5.74, 6) is -0.428. The molecule has 2 aliphatic rings. The Balaban J connectivity index is 1.53. The molecule has 0 fully saturated rings. The fourth-order valence-electron chi connectivity index (χ4n) is 2.79. The first-order valence-electron chi connectivity index (χ1n) is 8.35. The van der Waals surface area contributed by atoms with Crippen molar-refractivity contribution < 1.29 is 14.3 Å². The van der Waals surface area contributed by atoms with Crippen molar-refractivity contribution >= 4 is 23.8 Å². The summed E-state index contributed by atoms with van der Waals surface area (Å²) in [6.45, 7) is 2.10. The minimum Gasteiger partial charge on any atom is -0.462 e. The number of carbonyl (C=O) groups is 2. The van der Waals surface area contributed by atoms with E-state index in [4.69, 9.17) is 4.74 Å². The van der Waals surface area contributed by atoms with Crippen LogP contribution in [0.2, 0.25) is 0 Å². The predicted molar refractivity (Wildman–Crippen MR) is 97.8 cm³/mol. The van der Waals surface area contributed by atoms with Crippen LogP contribution in [-0.4, -0.2) is 30.7 Å². The van der Waals surface area contributed by atoms with Crippen LogP contribution in [0.25, 0.3) is 0 Å². The molecule has 5 nitrogen and oxygen atoms in total. The Kier molecular flexibility index (Phi) is 5.23. The first kappa shape index (κ1) is 16.9. The van der Waals surface area contributed by atoms with Gasteiger partial charge in [-0.05, 0) is 48.8 Å². The van der Waals surface area contributed by atoms with E-state index in [1.165, 1.54) is 5.57 Å². The number of carbonyl (C=O) groups excluding carboxylic acids is 2. The van der Waals surface area contributed by atoms with Crippen molar-refractivity contribution in [3.63, 3.8) is 0 Å². The molecule has 1 amide bonds. The van der Waals surface area contributed by atoms with Gasteiger partial charge < -0.3 is 10.1 Å². The molecule has 0 spiro atoms. The lowest BCUT2D eigenvalue weighted by Gasteiger charge is -2.10. The molecule has 128 valence electrons. The fourth-order valence-corrected chi connectivity index (χ4v) is 2.79. The molecular weight excluding hydrogens is 316 g/mol. The van der Waals surface area contributed by atoms with Crippen LogP contribution in [0.4, 0.5) is 5.69 Å². The Hall–Kier alpha value is -2.95. The van der Waals surface area contributed by atoms with E-state index < -0.39 is 0 Å². The van der Waals surface area contributed by atoms with E-state index >= 15 is 0 Å². The lowest BCUT2D eigenvalue weighted by Crippen LogP contribution is -2.12. The van der Waals surface area contributed by atoms with E-state index in [-0.39, 0.29) is 17.9 Å². The van der Waals surface area contributed by atoms with Gasteiger partial charge in [0, 0.05) is 18.3 Å². The number of benzene rings is 1. The van der Waals surface area contributed by atoms with E-state index in [2.05, 4.69) is 16.4 Å². The number of aliphatic imine (C=N–C) groups is 1. The summed E-state index contributed by atoms with van der Waals surface area (Å²) in [5, 5.41) is 2.85. The second kappa shape index (κ2) is 7.75. The maximum absolute atomic E-state index is 12.1. The summed E-state index contributed by atoms with van der Waals surface area (Å²) < 4.78 is 4.93. The smallest absolute Gasteiger partial charge is 0.338 e. The molecule has 1 N–H and O–H groups in total. The number of fused-ring (bicyclic) bond motifs is 1. The van der Waals surface area contributed by atoms with Gasteiger partial charge in [0.25, 0.3) is 0 Å². The second-order valence-electron chi connectivity index (χ2n) is 5.79. The molecule has 1 aliphatic heterocycles. The van der Waals surface area contributed by atoms with Gasteiger partial charge in [-0.15, -0.1) is 0 Å². The quantitative estimate of drug-likeness (QED) is 0.809. The van der Waals surface area contributed by atoms with Crippen LogP contribution >= 0.6 is 0 Å². The van der Waals surface area contributed by atoms with Crippen LogP contribution < -0.4 is 5.32 Å².